The fourth-order valence-corrected chi connectivity index (χ4v) is 3.37. The number of ether oxygens (including phenoxy) is 1. The molecule has 0 saturated heterocycles. The zero-order valence-electron chi connectivity index (χ0n) is 14.4. The second-order valence-corrected chi connectivity index (χ2v) is 6.41. The smallest absolute Gasteiger partial charge is 0.252 e. The number of nitrogens with one attached hydrogen (secondary N) is 1. The number of aliphatic imine (C=N–C) groups is 1. The molecule has 26 heavy (non-hydrogen) atoms. The molecule has 0 fully saturated rings. The van der Waals surface area contributed by atoms with E-state index in [2.05, 4.69) is 22.4 Å². The molecule has 2 aromatic carbocycles. The summed E-state index contributed by atoms with van der Waals surface area (Å²) >= 11 is 0. The molecule has 1 atom stereocenters. The molecule has 1 N–H and O–H groups in total. The van der Waals surface area contributed by atoms with Crippen LogP contribution in [0.15, 0.2) is 53.5 Å². The Morgan fingerprint density at radius 2 is 1.81 bits per heavy atom. The highest BCUT2D eigenvalue weighted by Gasteiger charge is 2.33. The molecule has 1 amide bonds. The van der Waals surface area contributed by atoms with E-state index < -0.39 is 6.04 Å². The third kappa shape index (κ3) is 2.94. The van der Waals surface area contributed by atoms with Crippen LogP contribution in [0.25, 0.3) is 0 Å². The second-order valence-electron chi connectivity index (χ2n) is 6.41. The van der Waals surface area contributed by atoms with Crippen molar-refractivity contribution in [3.8, 4) is 5.75 Å². The van der Waals surface area contributed by atoms with Gasteiger partial charge in [-0.1, -0.05) is 36.4 Å². The van der Waals surface area contributed by atoms with Crippen LogP contribution in [0.2, 0.25) is 0 Å². The van der Waals surface area contributed by atoms with Crippen LogP contribution < -0.4 is 10.1 Å². The van der Waals surface area contributed by atoms with Crippen molar-refractivity contribution < 1.29 is 14.3 Å². The van der Waals surface area contributed by atoms with Crippen LogP contribution in [0.4, 0.5) is 0 Å². The Bertz CT molecular complexity index is 882. The average Bonchev–Trinajstić information content (AvgIpc) is 3.25. The Hall–Kier alpha value is -3.15. The van der Waals surface area contributed by atoms with Gasteiger partial charge in [0.1, 0.15) is 11.8 Å². The van der Waals surface area contributed by atoms with Crippen LogP contribution in [0.5, 0.6) is 5.75 Å². The van der Waals surface area contributed by atoms with Crippen LogP contribution >= 0.6 is 0 Å². The fourth-order valence-electron chi connectivity index (χ4n) is 3.37. The third-order valence-corrected chi connectivity index (χ3v) is 4.74. The van der Waals surface area contributed by atoms with Crippen LogP contribution in [-0.4, -0.2) is 35.7 Å². The minimum atomic E-state index is -0.703. The van der Waals surface area contributed by atoms with Crippen molar-refractivity contribution in [1.29, 1.82) is 0 Å². The first-order valence-electron chi connectivity index (χ1n) is 8.52. The minimum absolute atomic E-state index is 0.0243. The summed E-state index contributed by atoms with van der Waals surface area (Å²) in [4.78, 5) is 31.4. The average molecular weight is 349 g/mol. The van der Waals surface area contributed by atoms with Crippen molar-refractivity contribution >= 4 is 17.6 Å². The highest BCUT2D eigenvalue weighted by atomic mass is 16.5. The molecule has 2 aliphatic rings. The number of ketones is 1. The standard InChI is InChI=1S/C20H19N3O3/c1-26-18-9-5-4-8-15(18)17(24)10-16-19(25)22-20(21-16)23-11-13-6-2-3-7-14(13)12-23/h2-9,16H,10-12H2,1H3,(H,21,22,25). The maximum atomic E-state index is 12.6. The van der Waals surface area contributed by atoms with Gasteiger partial charge in [-0.3, -0.25) is 14.9 Å². The van der Waals surface area contributed by atoms with Gasteiger partial charge in [0.15, 0.2) is 5.78 Å². The molecule has 0 bridgehead atoms. The van der Waals surface area contributed by atoms with Crippen molar-refractivity contribution in [3.63, 3.8) is 0 Å². The number of carbonyl (C=O) groups is 2. The van der Waals surface area contributed by atoms with Gasteiger partial charge in [-0.15, -0.1) is 0 Å². The van der Waals surface area contributed by atoms with Crippen LogP contribution in [0.3, 0.4) is 0 Å². The van der Waals surface area contributed by atoms with Crippen molar-refractivity contribution in [2.24, 2.45) is 4.99 Å². The molecule has 2 aliphatic heterocycles. The molecule has 0 aromatic heterocycles. The molecule has 0 aliphatic carbocycles. The number of fused-ring (bicyclic) bond motifs is 1. The van der Waals surface area contributed by atoms with E-state index in [4.69, 9.17) is 4.74 Å². The molecular weight excluding hydrogens is 330 g/mol. The molecule has 6 heteroatoms. The molecule has 0 radical (unpaired) electrons. The summed E-state index contributed by atoms with van der Waals surface area (Å²) in [6.45, 7) is 1.42. The number of methoxy groups -OCH3 is 1. The first-order valence-corrected chi connectivity index (χ1v) is 8.52. The Morgan fingerprint density at radius 1 is 1.15 bits per heavy atom. The maximum Gasteiger partial charge on any atom is 0.252 e. The number of Topliss-reactive ketones (excluding diaryl/α,β-unsaturated/α-hetero) is 1. The van der Waals surface area contributed by atoms with Gasteiger partial charge in [0.25, 0.3) is 5.91 Å². The molecule has 4 rings (SSSR count). The van der Waals surface area contributed by atoms with Crippen LogP contribution in [0.1, 0.15) is 27.9 Å². The van der Waals surface area contributed by atoms with Crippen molar-refractivity contribution in [1.82, 2.24) is 10.2 Å². The van der Waals surface area contributed by atoms with Crippen molar-refractivity contribution in [3.05, 3.63) is 65.2 Å². The molecular formula is C20H19N3O3. The Balaban J connectivity index is 1.48. The highest BCUT2D eigenvalue weighted by Crippen LogP contribution is 2.25. The Morgan fingerprint density at radius 3 is 2.50 bits per heavy atom. The van der Waals surface area contributed by atoms with Gasteiger partial charge < -0.3 is 9.64 Å². The van der Waals surface area contributed by atoms with Gasteiger partial charge in [-0.05, 0) is 23.3 Å². The van der Waals surface area contributed by atoms with E-state index >= 15 is 0 Å². The molecule has 1 unspecified atom stereocenters. The summed E-state index contributed by atoms with van der Waals surface area (Å²) in [6, 6.07) is 14.5. The number of guanidine groups is 1. The summed E-state index contributed by atoms with van der Waals surface area (Å²) in [5, 5.41) is 2.82. The molecule has 132 valence electrons. The summed E-state index contributed by atoms with van der Waals surface area (Å²) in [5.74, 6) is 0.663. The predicted octanol–water partition coefficient (Wildman–Crippen LogP) is 2.14. The van der Waals surface area contributed by atoms with Gasteiger partial charge in [-0.2, -0.15) is 0 Å². The first kappa shape index (κ1) is 16.3. The second kappa shape index (κ2) is 6.63. The zero-order valence-corrected chi connectivity index (χ0v) is 14.4. The van der Waals surface area contributed by atoms with E-state index in [1.54, 1.807) is 24.3 Å². The number of hydrogen-bond acceptors (Lipinski definition) is 5. The lowest BCUT2D eigenvalue weighted by molar-refractivity contribution is -0.120. The fraction of sp³-hybridized carbons (Fsp3) is 0.250. The molecule has 0 saturated carbocycles. The van der Waals surface area contributed by atoms with E-state index in [1.807, 2.05) is 17.0 Å². The summed E-state index contributed by atoms with van der Waals surface area (Å²) < 4.78 is 5.23. The highest BCUT2D eigenvalue weighted by molar-refractivity contribution is 6.08. The number of para-hydroxylation sites is 1. The lowest BCUT2D eigenvalue weighted by Gasteiger charge is -2.16. The number of benzene rings is 2. The van der Waals surface area contributed by atoms with Gasteiger partial charge >= 0.3 is 0 Å². The number of carbonyl (C=O) groups excluding carboxylic acids is 2. The van der Waals surface area contributed by atoms with Crippen molar-refractivity contribution in [2.75, 3.05) is 7.11 Å². The SMILES string of the molecule is COc1ccccc1C(=O)CC1N=C(N2Cc3ccccc3C2)NC1=O. The quantitative estimate of drug-likeness (QED) is 0.859. The monoisotopic (exact) mass is 349 g/mol. The minimum Gasteiger partial charge on any atom is -0.496 e. The topological polar surface area (TPSA) is 71.0 Å². The van der Waals surface area contributed by atoms with Crippen LogP contribution in [-0.2, 0) is 17.9 Å². The number of hydrogen-bond donors (Lipinski definition) is 1. The lowest BCUT2D eigenvalue weighted by atomic mass is 10.0. The van der Waals surface area contributed by atoms with Crippen LogP contribution in [0, 0.1) is 0 Å². The Labute approximate surface area is 151 Å². The summed E-state index contributed by atoms with van der Waals surface area (Å²) in [7, 11) is 1.52. The molecule has 2 aromatic rings. The third-order valence-electron chi connectivity index (χ3n) is 4.74. The number of rotatable bonds is 4. The summed E-state index contributed by atoms with van der Waals surface area (Å²) in [5.41, 5.74) is 2.94. The van der Waals surface area contributed by atoms with Gasteiger partial charge in [-0.25, -0.2) is 4.99 Å². The summed E-state index contributed by atoms with van der Waals surface area (Å²) in [6.07, 6.45) is 0.0243. The lowest BCUT2D eigenvalue weighted by Crippen LogP contribution is -2.38. The van der Waals surface area contributed by atoms with Crippen molar-refractivity contribution in [2.45, 2.75) is 25.6 Å². The normalized spacial score (nSPS) is 18.3. The van der Waals surface area contributed by atoms with E-state index in [9.17, 15) is 9.59 Å². The largest absolute Gasteiger partial charge is 0.496 e. The molecule has 2 heterocycles. The first-order chi connectivity index (χ1) is 12.7. The van der Waals surface area contributed by atoms with E-state index in [0.29, 0.717) is 30.4 Å². The predicted molar refractivity (Wildman–Crippen MR) is 97.0 cm³/mol. The Kier molecular flexibility index (Phi) is 4.16. The van der Waals surface area contributed by atoms with E-state index in [-0.39, 0.29) is 18.1 Å². The number of amides is 1. The molecule has 0 spiro atoms. The van der Waals surface area contributed by atoms with E-state index in [1.165, 1.54) is 18.2 Å². The number of nitrogens with zero attached hydrogens (tertiary/aromatic N) is 2. The zero-order chi connectivity index (χ0) is 18.1. The maximum absolute atomic E-state index is 12.6. The van der Waals surface area contributed by atoms with Gasteiger partial charge in [0, 0.05) is 19.5 Å². The van der Waals surface area contributed by atoms with Gasteiger partial charge in [0.2, 0.25) is 5.96 Å². The van der Waals surface area contributed by atoms with E-state index in [0.717, 1.165) is 0 Å². The molecule has 6 nitrogen and oxygen atoms in total. The van der Waals surface area contributed by atoms with Gasteiger partial charge in [0.05, 0.1) is 12.7 Å².